The van der Waals surface area contributed by atoms with E-state index in [2.05, 4.69) is 48.8 Å². The van der Waals surface area contributed by atoms with Gasteiger partial charge in [0, 0.05) is 21.0 Å². The van der Waals surface area contributed by atoms with Crippen LogP contribution in [0.1, 0.15) is 38.5 Å². The maximum Gasteiger partial charge on any atom is 0.0178 e. The van der Waals surface area contributed by atoms with E-state index in [-0.39, 0.29) is 0 Å². The molecule has 0 spiro atoms. The predicted octanol–water partition coefficient (Wildman–Crippen LogP) is 4.40. The summed E-state index contributed by atoms with van der Waals surface area (Å²) in [7, 11) is 0. The normalized spacial score (nSPS) is 45.7. The van der Waals surface area contributed by atoms with E-state index in [4.69, 9.17) is 0 Å². The van der Waals surface area contributed by atoms with Crippen LogP contribution in [0.15, 0.2) is 0 Å². The number of hydrogen-bond donors (Lipinski definition) is 2. The zero-order valence-corrected chi connectivity index (χ0v) is 14.4. The van der Waals surface area contributed by atoms with Gasteiger partial charge in [0.1, 0.15) is 0 Å². The molecule has 4 aliphatic rings. The van der Waals surface area contributed by atoms with Crippen LogP contribution in [0.5, 0.6) is 0 Å². The molecule has 4 aliphatic carbocycles. The van der Waals surface area contributed by atoms with Crippen molar-refractivity contribution in [2.45, 2.75) is 48.0 Å². The Labute approximate surface area is 131 Å². The summed E-state index contributed by atoms with van der Waals surface area (Å²) in [4.78, 5) is 0. The van der Waals surface area contributed by atoms with E-state index in [1.54, 1.807) is 0 Å². The molecule has 0 heterocycles. The lowest BCUT2D eigenvalue weighted by atomic mass is 9.55. The molecule has 0 aromatic rings. The van der Waals surface area contributed by atoms with Crippen molar-refractivity contribution in [1.29, 1.82) is 0 Å². The van der Waals surface area contributed by atoms with Crippen molar-refractivity contribution in [1.82, 2.24) is 0 Å². The van der Waals surface area contributed by atoms with Gasteiger partial charge in [-0.1, -0.05) is 0 Å². The van der Waals surface area contributed by atoms with Gasteiger partial charge in [0.15, 0.2) is 0 Å². The molecule has 0 unspecified atom stereocenters. The average molecular weight is 321 g/mol. The summed E-state index contributed by atoms with van der Waals surface area (Å²) in [6.07, 6.45) is 9.03. The molecule has 18 heavy (non-hydrogen) atoms. The Morgan fingerprint density at radius 3 is 1.67 bits per heavy atom. The van der Waals surface area contributed by atoms with Crippen molar-refractivity contribution in [3.05, 3.63) is 0 Å². The predicted molar refractivity (Wildman–Crippen MR) is 92.8 cm³/mol. The Hall–Kier alpha value is 1.40. The lowest BCUT2D eigenvalue weighted by Gasteiger charge is -2.61. The summed E-state index contributed by atoms with van der Waals surface area (Å²) >= 11 is 13.3. The first kappa shape index (κ1) is 14.3. The second kappa shape index (κ2) is 5.65. The minimum absolute atomic E-state index is 0.635. The van der Waals surface area contributed by atoms with E-state index in [0.29, 0.717) is 9.49 Å². The summed E-state index contributed by atoms with van der Waals surface area (Å²) in [5.41, 5.74) is 0. The van der Waals surface area contributed by atoms with Crippen molar-refractivity contribution < 1.29 is 0 Å². The van der Waals surface area contributed by atoms with Crippen LogP contribution in [0.4, 0.5) is 0 Å². The van der Waals surface area contributed by atoms with Gasteiger partial charge in [0.25, 0.3) is 0 Å². The maximum absolute atomic E-state index is 4.41. The first-order valence-electron chi connectivity index (χ1n) is 7.19. The van der Waals surface area contributed by atoms with Crippen molar-refractivity contribution in [3.63, 3.8) is 0 Å². The van der Waals surface area contributed by atoms with Crippen LogP contribution in [-0.2, 0) is 0 Å². The number of thiol groups is 2. The van der Waals surface area contributed by atoms with Crippen LogP contribution < -0.4 is 0 Å². The molecule has 0 atom stereocenters. The van der Waals surface area contributed by atoms with Crippen molar-refractivity contribution in [3.8, 4) is 0 Å². The smallest absolute Gasteiger partial charge is 0.0178 e. The van der Waals surface area contributed by atoms with E-state index in [9.17, 15) is 0 Å². The second-order valence-electron chi connectivity index (χ2n) is 6.47. The fraction of sp³-hybridized carbons (Fsp3) is 1.00. The molecule has 4 fully saturated rings. The summed E-state index contributed by atoms with van der Waals surface area (Å²) < 4.78 is 1.27. The molecule has 4 rings (SSSR count). The fourth-order valence-corrected chi connectivity index (χ4v) is 8.82. The Bertz CT molecular complexity index is 264. The lowest BCUT2D eigenvalue weighted by Crippen LogP contribution is -2.56. The first-order valence-corrected chi connectivity index (χ1v) is 10.4. The minimum Gasteiger partial charge on any atom is -0.179 e. The molecule has 0 N–H and O–H groups in total. The average Bonchev–Trinajstić information content (AvgIpc) is 2.32. The first-order chi connectivity index (χ1) is 8.69. The molecule has 0 aromatic heterocycles. The third kappa shape index (κ3) is 2.73. The van der Waals surface area contributed by atoms with Gasteiger partial charge in [-0.05, 0) is 61.9 Å². The SMILES string of the molecule is SCCSC12CC3CC(C1)CC(SCCS)(C3)C2. The van der Waals surface area contributed by atoms with Gasteiger partial charge in [-0.3, -0.25) is 0 Å². The third-order valence-electron chi connectivity index (χ3n) is 4.95. The minimum atomic E-state index is 0.635. The highest BCUT2D eigenvalue weighted by Crippen LogP contribution is 2.65. The van der Waals surface area contributed by atoms with E-state index in [0.717, 1.165) is 23.3 Å². The van der Waals surface area contributed by atoms with Crippen LogP contribution in [-0.4, -0.2) is 32.5 Å². The van der Waals surface area contributed by atoms with Gasteiger partial charge in [-0.2, -0.15) is 48.8 Å². The molecule has 0 radical (unpaired) electrons. The lowest BCUT2D eigenvalue weighted by molar-refractivity contribution is 0.0576. The van der Waals surface area contributed by atoms with Crippen molar-refractivity contribution in [2.24, 2.45) is 11.8 Å². The summed E-state index contributed by atoms with van der Waals surface area (Å²) in [6.45, 7) is 0. The summed E-state index contributed by atoms with van der Waals surface area (Å²) in [5, 5.41) is 0. The largest absolute Gasteiger partial charge is 0.179 e. The summed E-state index contributed by atoms with van der Waals surface area (Å²) in [5.74, 6) is 6.64. The molecule has 0 aliphatic heterocycles. The molecule has 0 aromatic carbocycles. The monoisotopic (exact) mass is 320 g/mol. The zero-order valence-electron chi connectivity index (χ0n) is 10.9. The Kier molecular flexibility index (Phi) is 4.50. The van der Waals surface area contributed by atoms with Gasteiger partial charge in [-0.15, -0.1) is 0 Å². The van der Waals surface area contributed by atoms with Crippen LogP contribution in [0.25, 0.3) is 0 Å². The molecular formula is C14H24S4. The molecule has 0 amide bonds. The molecule has 104 valence electrons. The zero-order chi connectivity index (χ0) is 12.6. The fourth-order valence-electron chi connectivity index (χ4n) is 4.96. The molecule has 4 saturated carbocycles. The van der Waals surface area contributed by atoms with Crippen molar-refractivity contribution in [2.75, 3.05) is 23.0 Å². The van der Waals surface area contributed by atoms with Gasteiger partial charge in [0.05, 0.1) is 0 Å². The highest BCUT2D eigenvalue weighted by Gasteiger charge is 2.57. The topological polar surface area (TPSA) is 0 Å². The Balaban J connectivity index is 1.75. The number of rotatable bonds is 6. The van der Waals surface area contributed by atoms with Crippen molar-refractivity contribution >= 4 is 48.8 Å². The van der Waals surface area contributed by atoms with Crippen LogP contribution >= 0.6 is 48.8 Å². The quantitative estimate of drug-likeness (QED) is 0.696. The van der Waals surface area contributed by atoms with E-state index in [1.807, 2.05) is 0 Å². The van der Waals surface area contributed by atoms with E-state index >= 15 is 0 Å². The maximum atomic E-state index is 4.41. The van der Waals surface area contributed by atoms with E-state index in [1.165, 1.54) is 50.0 Å². The highest BCUT2D eigenvalue weighted by atomic mass is 32.2. The number of hydrogen-bond acceptors (Lipinski definition) is 4. The van der Waals surface area contributed by atoms with Gasteiger partial charge < -0.3 is 0 Å². The molecule has 4 heteroatoms. The summed E-state index contributed by atoms with van der Waals surface area (Å²) in [6, 6.07) is 0. The molecule has 0 saturated heterocycles. The molecular weight excluding hydrogens is 296 g/mol. The van der Waals surface area contributed by atoms with Gasteiger partial charge >= 0.3 is 0 Å². The Morgan fingerprint density at radius 2 is 1.28 bits per heavy atom. The second-order valence-corrected chi connectivity index (χ2v) is 10.5. The number of thioether (sulfide) groups is 2. The third-order valence-corrected chi connectivity index (χ3v) is 9.00. The van der Waals surface area contributed by atoms with E-state index < -0.39 is 0 Å². The standard InChI is InChI=1S/C14H24S4/c15-1-3-17-13-6-11-5-12(7-13)9-14(8-11,10-13)18-4-2-16/h11-12,15-16H,1-10H2. The molecule has 4 bridgehead atoms. The Morgan fingerprint density at radius 1 is 0.833 bits per heavy atom. The van der Waals surface area contributed by atoms with Crippen LogP contribution in [0.3, 0.4) is 0 Å². The molecule has 0 nitrogen and oxygen atoms in total. The van der Waals surface area contributed by atoms with Crippen LogP contribution in [0.2, 0.25) is 0 Å². The van der Waals surface area contributed by atoms with Gasteiger partial charge in [-0.25, -0.2) is 0 Å². The highest BCUT2D eigenvalue weighted by molar-refractivity contribution is 8.02. The van der Waals surface area contributed by atoms with Crippen LogP contribution in [0, 0.1) is 11.8 Å². The van der Waals surface area contributed by atoms with Gasteiger partial charge in [0.2, 0.25) is 0 Å².